The molecule has 1 aromatic heterocycles. The lowest BCUT2D eigenvalue weighted by molar-refractivity contribution is -0.116. The number of carbonyl (C=O) groups excluding carboxylic acids is 1. The quantitative estimate of drug-likeness (QED) is 0.808. The van der Waals surface area contributed by atoms with Gasteiger partial charge in [-0.1, -0.05) is 43.2 Å². The molecule has 0 bridgehead atoms. The maximum absolute atomic E-state index is 11.6. The van der Waals surface area contributed by atoms with Gasteiger partial charge in [-0.15, -0.1) is 0 Å². The van der Waals surface area contributed by atoms with Crippen LogP contribution in [0.3, 0.4) is 0 Å². The zero-order valence-electron chi connectivity index (χ0n) is 13.2. The number of nitrogens with zero attached hydrogens (tertiary/aromatic N) is 1. The van der Waals surface area contributed by atoms with Crippen molar-refractivity contribution in [3.05, 3.63) is 53.7 Å². The number of aryl methyl sites for hydroxylation is 1. The first-order chi connectivity index (χ1) is 10.7. The number of hydrogen-bond donors (Lipinski definition) is 2. The first kappa shape index (κ1) is 16.0. The Balaban J connectivity index is 1.83. The molecule has 4 nitrogen and oxygen atoms in total. The van der Waals surface area contributed by atoms with Crippen LogP contribution in [0.4, 0.5) is 11.5 Å². The van der Waals surface area contributed by atoms with Crippen LogP contribution in [0.15, 0.2) is 42.6 Å². The first-order valence-corrected chi connectivity index (χ1v) is 7.72. The first-order valence-electron chi connectivity index (χ1n) is 7.72. The van der Waals surface area contributed by atoms with Gasteiger partial charge in [-0.25, -0.2) is 4.98 Å². The van der Waals surface area contributed by atoms with E-state index in [1.54, 1.807) is 6.20 Å². The molecule has 0 saturated carbocycles. The molecule has 0 saturated heterocycles. The van der Waals surface area contributed by atoms with E-state index in [1.807, 2.05) is 12.1 Å². The molecule has 0 aliphatic heterocycles. The second-order valence-electron chi connectivity index (χ2n) is 5.42. The Kier molecular flexibility index (Phi) is 5.95. The summed E-state index contributed by atoms with van der Waals surface area (Å²) in [6.07, 6.45) is 4.17. The van der Waals surface area contributed by atoms with Crippen molar-refractivity contribution in [2.24, 2.45) is 0 Å². The second-order valence-corrected chi connectivity index (χ2v) is 5.42. The van der Waals surface area contributed by atoms with Gasteiger partial charge in [0.1, 0.15) is 5.82 Å². The normalized spacial score (nSPS) is 10.3. The van der Waals surface area contributed by atoms with E-state index < -0.39 is 0 Å². The van der Waals surface area contributed by atoms with Gasteiger partial charge in [-0.05, 0) is 31.0 Å². The monoisotopic (exact) mass is 297 g/mol. The van der Waals surface area contributed by atoms with E-state index in [0.29, 0.717) is 6.42 Å². The minimum Gasteiger partial charge on any atom is -0.366 e. The predicted molar refractivity (Wildman–Crippen MR) is 90.9 cm³/mol. The molecule has 2 rings (SSSR count). The average molecular weight is 297 g/mol. The number of hydrogen-bond acceptors (Lipinski definition) is 3. The fourth-order valence-electron chi connectivity index (χ4n) is 2.03. The lowest BCUT2D eigenvalue weighted by Crippen LogP contribution is -2.11. The van der Waals surface area contributed by atoms with Crippen molar-refractivity contribution in [3.8, 4) is 0 Å². The Labute approximate surface area is 132 Å². The lowest BCUT2D eigenvalue weighted by Gasteiger charge is -2.08. The molecule has 0 fully saturated rings. The molecule has 1 amide bonds. The van der Waals surface area contributed by atoms with E-state index in [0.717, 1.165) is 30.9 Å². The van der Waals surface area contributed by atoms with Crippen LogP contribution >= 0.6 is 0 Å². The standard InChI is InChI=1S/C18H23N3O/c1-3-4-5-18(22)21-16-10-11-17(20-13-16)19-12-15-8-6-14(2)7-9-15/h6-11,13H,3-5,12H2,1-2H3,(H,19,20)(H,21,22). The highest BCUT2D eigenvalue weighted by atomic mass is 16.1. The highest BCUT2D eigenvalue weighted by Crippen LogP contribution is 2.12. The van der Waals surface area contributed by atoms with Gasteiger partial charge in [0.15, 0.2) is 0 Å². The summed E-state index contributed by atoms with van der Waals surface area (Å²) in [5, 5.41) is 6.13. The van der Waals surface area contributed by atoms with Gasteiger partial charge in [0.25, 0.3) is 0 Å². The predicted octanol–water partition coefficient (Wildman–Crippen LogP) is 4.13. The molecule has 22 heavy (non-hydrogen) atoms. The third kappa shape index (κ3) is 5.20. The van der Waals surface area contributed by atoms with E-state index >= 15 is 0 Å². The van der Waals surface area contributed by atoms with Crippen molar-refractivity contribution in [1.29, 1.82) is 0 Å². The zero-order valence-corrected chi connectivity index (χ0v) is 13.2. The summed E-state index contributed by atoms with van der Waals surface area (Å²) in [5.74, 6) is 0.844. The number of anilines is 2. The molecule has 116 valence electrons. The molecule has 2 N–H and O–H groups in total. The van der Waals surface area contributed by atoms with E-state index in [9.17, 15) is 4.79 Å². The summed E-state index contributed by atoms with van der Waals surface area (Å²) < 4.78 is 0. The molecule has 4 heteroatoms. The molecule has 0 aliphatic rings. The van der Waals surface area contributed by atoms with Crippen LogP contribution in [0, 0.1) is 6.92 Å². The highest BCUT2D eigenvalue weighted by molar-refractivity contribution is 5.90. The number of unbranched alkanes of at least 4 members (excludes halogenated alkanes) is 1. The lowest BCUT2D eigenvalue weighted by atomic mass is 10.1. The summed E-state index contributed by atoms with van der Waals surface area (Å²) in [6, 6.07) is 12.1. The number of carbonyl (C=O) groups is 1. The third-order valence-corrected chi connectivity index (χ3v) is 3.40. The number of rotatable bonds is 7. The molecule has 0 atom stereocenters. The van der Waals surface area contributed by atoms with Gasteiger partial charge >= 0.3 is 0 Å². The Morgan fingerprint density at radius 2 is 1.91 bits per heavy atom. The highest BCUT2D eigenvalue weighted by Gasteiger charge is 2.02. The molecule has 2 aromatic rings. The van der Waals surface area contributed by atoms with Crippen LogP contribution in [0.25, 0.3) is 0 Å². The second kappa shape index (κ2) is 8.17. The van der Waals surface area contributed by atoms with Crippen LogP contribution in [0.5, 0.6) is 0 Å². The van der Waals surface area contributed by atoms with Crippen LogP contribution in [0.1, 0.15) is 37.3 Å². The summed E-state index contributed by atoms with van der Waals surface area (Å²) in [7, 11) is 0. The molecular formula is C18H23N3O. The van der Waals surface area contributed by atoms with Gasteiger partial charge in [0.2, 0.25) is 5.91 Å². The molecule has 1 heterocycles. The third-order valence-electron chi connectivity index (χ3n) is 3.40. The number of aromatic nitrogens is 1. The van der Waals surface area contributed by atoms with Crippen molar-refractivity contribution in [2.75, 3.05) is 10.6 Å². The van der Waals surface area contributed by atoms with Crippen molar-refractivity contribution < 1.29 is 4.79 Å². The topological polar surface area (TPSA) is 54.0 Å². The molecular weight excluding hydrogens is 274 g/mol. The summed E-state index contributed by atoms with van der Waals surface area (Å²) in [5.41, 5.74) is 3.20. The zero-order chi connectivity index (χ0) is 15.8. The Morgan fingerprint density at radius 3 is 2.55 bits per heavy atom. The number of benzene rings is 1. The number of pyridine rings is 1. The molecule has 0 spiro atoms. The van der Waals surface area contributed by atoms with Crippen LogP contribution in [-0.4, -0.2) is 10.9 Å². The molecule has 0 aliphatic carbocycles. The molecule has 0 unspecified atom stereocenters. The van der Waals surface area contributed by atoms with Gasteiger partial charge in [0.05, 0.1) is 11.9 Å². The minimum atomic E-state index is 0.0454. The fraction of sp³-hybridized carbons (Fsp3) is 0.333. The van der Waals surface area contributed by atoms with Crippen LogP contribution < -0.4 is 10.6 Å². The van der Waals surface area contributed by atoms with Gasteiger partial charge in [0, 0.05) is 13.0 Å². The van der Waals surface area contributed by atoms with Crippen molar-refractivity contribution in [3.63, 3.8) is 0 Å². The van der Waals surface area contributed by atoms with E-state index in [-0.39, 0.29) is 5.91 Å². The Hall–Kier alpha value is -2.36. The fourth-order valence-corrected chi connectivity index (χ4v) is 2.03. The Morgan fingerprint density at radius 1 is 1.14 bits per heavy atom. The Bertz CT molecular complexity index is 591. The van der Waals surface area contributed by atoms with Gasteiger partial charge in [-0.3, -0.25) is 4.79 Å². The van der Waals surface area contributed by atoms with Gasteiger partial charge < -0.3 is 10.6 Å². The maximum atomic E-state index is 11.6. The largest absolute Gasteiger partial charge is 0.366 e. The summed E-state index contributed by atoms with van der Waals surface area (Å²) in [4.78, 5) is 16.0. The van der Waals surface area contributed by atoms with Crippen molar-refractivity contribution >= 4 is 17.4 Å². The van der Waals surface area contributed by atoms with Crippen molar-refractivity contribution in [1.82, 2.24) is 4.98 Å². The van der Waals surface area contributed by atoms with E-state index in [4.69, 9.17) is 0 Å². The minimum absolute atomic E-state index is 0.0454. The number of nitrogens with one attached hydrogen (secondary N) is 2. The van der Waals surface area contributed by atoms with Crippen LogP contribution in [0.2, 0.25) is 0 Å². The molecule has 0 radical (unpaired) electrons. The SMILES string of the molecule is CCCCC(=O)Nc1ccc(NCc2ccc(C)cc2)nc1. The van der Waals surface area contributed by atoms with E-state index in [2.05, 4.69) is 53.7 Å². The maximum Gasteiger partial charge on any atom is 0.224 e. The number of amides is 1. The van der Waals surface area contributed by atoms with Crippen LogP contribution in [-0.2, 0) is 11.3 Å². The van der Waals surface area contributed by atoms with Gasteiger partial charge in [-0.2, -0.15) is 0 Å². The van der Waals surface area contributed by atoms with E-state index in [1.165, 1.54) is 11.1 Å². The summed E-state index contributed by atoms with van der Waals surface area (Å²) in [6.45, 7) is 4.88. The summed E-state index contributed by atoms with van der Waals surface area (Å²) >= 11 is 0. The smallest absolute Gasteiger partial charge is 0.224 e. The average Bonchev–Trinajstić information content (AvgIpc) is 2.54. The van der Waals surface area contributed by atoms with Crippen molar-refractivity contribution in [2.45, 2.75) is 39.7 Å². The molecule has 1 aromatic carbocycles.